The highest BCUT2D eigenvalue weighted by atomic mass is 16.5. The van der Waals surface area contributed by atoms with Crippen LogP contribution in [0.2, 0.25) is 0 Å². The molecule has 0 rings (SSSR count). The number of hydrogen-bond donors (Lipinski definition) is 3. The molecule has 0 aromatic carbocycles. The summed E-state index contributed by atoms with van der Waals surface area (Å²) in [6.07, 6.45) is 94.2. The summed E-state index contributed by atoms with van der Waals surface area (Å²) < 4.78 is 5.48. The molecule has 0 heterocycles. The third-order valence-electron chi connectivity index (χ3n) is 18.2. The summed E-state index contributed by atoms with van der Waals surface area (Å²) in [5.41, 5.74) is 0. The maximum absolute atomic E-state index is 12.5. The topological polar surface area (TPSA) is 95.9 Å². The Balaban J connectivity index is 3.30. The van der Waals surface area contributed by atoms with Crippen LogP contribution in [-0.4, -0.2) is 47.4 Å². The van der Waals surface area contributed by atoms with Crippen molar-refractivity contribution >= 4 is 11.9 Å². The van der Waals surface area contributed by atoms with E-state index < -0.39 is 12.1 Å². The van der Waals surface area contributed by atoms with E-state index in [-0.39, 0.29) is 18.5 Å². The Bertz CT molecular complexity index is 1320. The number of esters is 1. The Hall–Kier alpha value is -1.66. The van der Waals surface area contributed by atoms with E-state index in [1.807, 2.05) is 0 Å². The molecule has 498 valence electrons. The van der Waals surface area contributed by atoms with Gasteiger partial charge in [0.1, 0.15) is 0 Å². The molecule has 6 heteroatoms. The van der Waals surface area contributed by atoms with Gasteiger partial charge in [-0.15, -0.1) is 0 Å². The summed E-state index contributed by atoms with van der Waals surface area (Å²) in [6, 6.07) is -0.537. The Morgan fingerprint density at radius 1 is 0.333 bits per heavy atom. The standard InChI is InChI=1S/C78H151NO5/c1-3-5-7-9-11-13-15-17-18-40-43-47-50-54-58-62-66-70-76(81)75(74-80)79-77(82)71-67-63-59-55-51-48-44-41-38-36-34-32-30-28-26-24-22-20-19-21-23-25-27-29-31-33-35-37-39-42-45-49-53-57-61-65-69-73-84-78(83)72-68-64-60-56-52-46-16-14-12-10-8-6-4-2/h8,10,14,16,75-76,80-81H,3-7,9,11-13,15,17-74H2,1-2H3,(H,79,82)/b10-8-,16-14-. The highest BCUT2D eigenvalue weighted by molar-refractivity contribution is 5.76. The van der Waals surface area contributed by atoms with Crippen molar-refractivity contribution in [2.45, 2.75) is 450 Å². The van der Waals surface area contributed by atoms with Crippen LogP contribution in [0.25, 0.3) is 0 Å². The molecular weight excluding hydrogens is 1030 g/mol. The lowest BCUT2D eigenvalue weighted by Crippen LogP contribution is -2.45. The van der Waals surface area contributed by atoms with Gasteiger partial charge in [0.2, 0.25) is 5.91 Å². The number of amides is 1. The first kappa shape index (κ1) is 82.3. The number of nitrogens with one attached hydrogen (secondary N) is 1. The number of hydrogen-bond acceptors (Lipinski definition) is 5. The molecule has 0 spiro atoms. The average molecular weight is 1180 g/mol. The van der Waals surface area contributed by atoms with Crippen LogP contribution in [-0.2, 0) is 14.3 Å². The quantitative estimate of drug-likeness (QED) is 0.0320. The molecular formula is C78H151NO5. The van der Waals surface area contributed by atoms with Gasteiger partial charge in [-0.1, -0.05) is 398 Å². The maximum Gasteiger partial charge on any atom is 0.305 e. The summed E-state index contributed by atoms with van der Waals surface area (Å²) in [5.74, 6) is -0.0164. The third-order valence-corrected chi connectivity index (χ3v) is 18.2. The highest BCUT2D eigenvalue weighted by Gasteiger charge is 2.20. The Morgan fingerprint density at radius 3 is 0.952 bits per heavy atom. The van der Waals surface area contributed by atoms with Crippen LogP contribution in [0.1, 0.15) is 438 Å². The average Bonchev–Trinajstić information content (AvgIpc) is 3.51. The van der Waals surface area contributed by atoms with Gasteiger partial charge in [0.25, 0.3) is 0 Å². The Morgan fingerprint density at radius 2 is 0.619 bits per heavy atom. The van der Waals surface area contributed by atoms with Crippen LogP contribution in [0, 0.1) is 0 Å². The lowest BCUT2D eigenvalue weighted by molar-refractivity contribution is -0.143. The summed E-state index contributed by atoms with van der Waals surface area (Å²) in [5, 5.41) is 23.4. The fourth-order valence-electron chi connectivity index (χ4n) is 12.4. The molecule has 6 nitrogen and oxygen atoms in total. The molecule has 2 unspecified atom stereocenters. The first-order valence-corrected chi connectivity index (χ1v) is 38.6. The zero-order valence-electron chi connectivity index (χ0n) is 57.2. The molecule has 3 N–H and O–H groups in total. The predicted molar refractivity (Wildman–Crippen MR) is 370 cm³/mol. The van der Waals surface area contributed by atoms with E-state index in [9.17, 15) is 19.8 Å². The second kappa shape index (κ2) is 73.8. The van der Waals surface area contributed by atoms with Crippen molar-refractivity contribution in [2.24, 2.45) is 0 Å². The van der Waals surface area contributed by atoms with E-state index >= 15 is 0 Å². The van der Waals surface area contributed by atoms with Crippen molar-refractivity contribution in [3.05, 3.63) is 24.3 Å². The van der Waals surface area contributed by atoms with E-state index in [2.05, 4.69) is 43.5 Å². The number of unbranched alkanes of at least 4 members (excludes halogenated alkanes) is 58. The molecule has 0 aromatic heterocycles. The van der Waals surface area contributed by atoms with Crippen molar-refractivity contribution < 1.29 is 24.5 Å². The van der Waals surface area contributed by atoms with Crippen LogP contribution in [0.15, 0.2) is 24.3 Å². The summed E-state index contributed by atoms with van der Waals surface area (Å²) in [6.45, 7) is 4.93. The summed E-state index contributed by atoms with van der Waals surface area (Å²) in [7, 11) is 0. The van der Waals surface area contributed by atoms with Crippen molar-refractivity contribution in [3.63, 3.8) is 0 Å². The molecule has 0 aliphatic rings. The second-order valence-electron chi connectivity index (χ2n) is 26.7. The molecule has 0 aliphatic carbocycles. The minimum Gasteiger partial charge on any atom is -0.466 e. The molecule has 0 fully saturated rings. The van der Waals surface area contributed by atoms with E-state index in [4.69, 9.17) is 4.74 Å². The van der Waals surface area contributed by atoms with Crippen LogP contribution < -0.4 is 5.32 Å². The number of ether oxygens (including phenoxy) is 1. The van der Waals surface area contributed by atoms with Crippen LogP contribution in [0.3, 0.4) is 0 Å². The molecule has 0 radical (unpaired) electrons. The van der Waals surface area contributed by atoms with Crippen LogP contribution >= 0.6 is 0 Å². The fraction of sp³-hybridized carbons (Fsp3) is 0.923. The van der Waals surface area contributed by atoms with Gasteiger partial charge >= 0.3 is 5.97 Å². The lowest BCUT2D eigenvalue weighted by Gasteiger charge is -2.22. The van der Waals surface area contributed by atoms with Gasteiger partial charge in [-0.05, 0) is 51.4 Å². The first-order chi connectivity index (χ1) is 41.5. The number of aliphatic hydroxyl groups excluding tert-OH is 2. The molecule has 0 bridgehead atoms. The molecule has 2 atom stereocenters. The Kier molecular flexibility index (Phi) is 72.3. The monoisotopic (exact) mass is 1180 g/mol. The highest BCUT2D eigenvalue weighted by Crippen LogP contribution is 2.20. The number of allylic oxidation sites excluding steroid dienone is 4. The van der Waals surface area contributed by atoms with Gasteiger partial charge in [-0.3, -0.25) is 9.59 Å². The van der Waals surface area contributed by atoms with Crippen molar-refractivity contribution in [2.75, 3.05) is 13.2 Å². The van der Waals surface area contributed by atoms with E-state index in [1.165, 1.54) is 353 Å². The first-order valence-electron chi connectivity index (χ1n) is 38.6. The molecule has 84 heavy (non-hydrogen) atoms. The van der Waals surface area contributed by atoms with E-state index in [1.54, 1.807) is 0 Å². The Labute approximate surface area is 526 Å². The van der Waals surface area contributed by atoms with Crippen molar-refractivity contribution in [3.8, 4) is 0 Å². The predicted octanol–water partition coefficient (Wildman–Crippen LogP) is 25.3. The molecule has 0 aromatic rings. The number of carbonyl (C=O) groups excluding carboxylic acids is 2. The van der Waals surface area contributed by atoms with Crippen molar-refractivity contribution in [1.82, 2.24) is 5.32 Å². The molecule has 0 saturated carbocycles. The number of carbonyl (C=O) groups is 2. The zero-order chi connectivity index (χ0) is 60.6. The lowest BCUT2D eigenvalue weighted by atomic mass is 10.0. The van der Waals surface area contributed by atoms with Gasteiger partial charge in [-0.25, -0.2) is 0 Å². The van der Waals surface area contributed by atoms with Gasteiger partial charge in [0, 0.05) is 12.8 Å². The summed E-state index contributed by atoms with van der Waals surface area (Å²) in [4.78, 5) is 24.6. The number of rotatable bonds is 73. The fourth-order valence-corrected chi connectivity index (χ4v) is 12.4. The molecule has 0 saturated heterocycles. The third kappa shape index (κ3) is 69.4. The molecule has 1 amide bonds. The zero-order valence-corrected chi connectivity index (χ0v) is 57.2. The van der Waals surface area contributed by atoms with Gasteiger partial charge in [0.05, 0.1) is 25.4 Å². The maximum atomic E-state index is 12.5. The smallest absolute Gasteiger partial charge is 0.305 e. The van der Waals surface area contributed by atoms with Crippen LogP contribution in [0.4, 0.5) is 0 Å². The van der Waals surface area contributed by atoms with Gasteiger partial charge in [-0.2, -0.15) is 0 Å². The van der Waals surface area contributed by atoms with Gasteiger partial charge in [0.15, 0.2) is 0 Å². The SMILES string of the molecule is CCC/C=C\C/C=C\CCCCCCCC(=O)OCCCCCCCCCCCCCCCCCCCCCCCCCCCCCCCCCCCCCCCC(=O)NC(CO)C(O)CCCCCCCCCCCCCCCCCCC. The normalized spacial score (nSPS) is 12.6. The van der Waals surface area contributed by atoms with Crippen LogP contribution in [0.5, 0.6) is 0 Å². The number of aliphatic hydroxyl groups is 2. The minimum absolute atomic E-state index is 0.00859. The largest absolute Gasteiger partial charge is 0.466 e. The minimum atomic E-state index is -0.660. The molecule has 0 aliphatic heterocycles. The van der Waals surface area contributed by atoms with E-state index in [0.29, 0.717) is 25.9 Å². The summed E-state index contributed by atoms with van der Waals surface area (Å²) >= 11 is 0. The van der Waals surface area contributed by atoms with Crippen molar-refractivity contribution in [1.29, 1.82) is 0 Å². The van der Waals surface area contributed by atoms with E-state index in [0.717, 1.165) is 51.4 Å². The van der Waals surface area contributed by atoms with Gasteiger partial charge < -0.3 is 20.3 Å². The second-order valence-corrected chi connectivity index (χ2v) is 26.7.